The van der Waals surface area contributed by atoms with Gasteiger partial charge in [-0.3, -0.25) is 0 Å². The molecule has 0 radical (unpaired) electrons. The van der Waals surface area contributed by atoms with Crippen molar-refractivity contribution in [3.05, 3.63) is 22.9 Å². The van der Waals surface area contributed by atoms with E-state index in [0.29, 0.717) is 5.56 Å². The fraction of sp³-hybridized carbons (Fsp3) is 0.571. The van der Waals surface area contributed by atoms with Crippen molar-refractivity contribution in [1.29, 1.82) is 5.26 Å². The highest BCUT2D eigenvalue weighted by Gasteiger charge is 2.07. The molecule has 0 unspecified atom stereocenters. The van der Waals surface area contributed by atoms with Crippen LogP contribution < -0.4 is 5.32 Å². The van der Waals surface area contributed by atoms with Crippen LogP contribution in [0.1, 0.15) is 49.4 Å². The number of aromatic nitrogens is 1. The molecular weight excluding hydrogens is 210 g/mol. The minimum atomic E-state index is 0.672. The second kappa shape index (κ2) is 6.90. The lowest BCUT2D eigenvalue weighted by atomic mass is 10.1. The lowest BCUT2D eigenvalue weighted by Crippen LogP contribution is -2.07. The van der Waals surface area contributed by atoms with Crippen molar-refractivity contribution in [3.63, 3.8) is 0 Å². The molecule has 1 rings (SSSR count). The molecule has 0 amide bonds. The molecule has 0 saturated carbocycles. The number of hydrogen-bond acceptors (Lipinski definition) is 3. The molecule has 3 heteroatoms. The fourth-order valence-electron chi connectivity index (χ4n) is 1.86. The number of rotatable bonds is 6. The Balaban J connectivity index is 2.61. The number of pyridine rings is 1. The summed E-state index contributed by atoms with van der Waals surface area (Å²) in [6, 6.07) is 4.16. The van der Waals surface area contributed by atoms with Crippen LogP contribution >= 0.6 is 0 Å². The third-order valence-electron chi connectivity index (χ3n) is 2.78. The molecule has 0 aliphatic carbocycles. The summed E-state index contributed by atoms with van der Waals surface area (Å²) in [6.07, 6.45) is 4.88. The van der Waals surface area contributed by atoms with Gasteiger partial charge in [0.15, 0.2) is 0 Å². The van der Waals surface area contributed by atoms with Crippen molar-refractivity contribution in [2.24, 2.45) is 0 Å². The van der Waals surface area contributed by atoms with Gasteiger partial charge in [-0.25, -0.2) is 4.98 Å². The summed E-state index contributed by atoms with van der Waals surface area (Å²) in [5.74, 6) is 0.737. The number of aryl methyl sites for hydroxylation is 2. The minimum absolute atomic E-state index is 0.672. The quantitative estimate of drug-likeness (QED) is 0.761. The lowest BCUT2D eigenvalue weighted by molar-refractivity contribution is 0.684. The maximum Gasteiger partial charge on any atom is 0.144 e. The highest BCUT2D eigenvalue weighted by molar-refractivity contribution is 5.56. The predicted octanol–water partition coefficient (Wildman–Crippen LogP) is 3.56. The van der Waals surface area contributed by atoms with Gasteiger partial charge in [0.2, 0.25) is 0 Å². The minimum Gasteiger partial charge on any atom is -0.369 e. The van der Waals surface area contributed by atoms with E-state index in [1.54, 1.807) is 0 Å². The van der Waals surface area contributed by atoms with Gasteiger partial charge in [-0.15, -0.1) is 0 Å². The van der Waals surface area contributed by atoms with Crippen molar-refractivity contribution < 1.29 is 0 Å². The highest BCUT2D eigenvalue weighted by atomic mass is 15.0. The van der Waals surface area contributed by atoms with E-state index in [-0.39, 0.29) is 0 Å². The number of unbranched alkanes of at least 4 members (excludes halogenated alkanes) is 3. The second-order valence-corrected chi connectivity index (χ2v) is 4.40. The monoisotopic (exact) mass is 231 g/mol. The molecule has 0 aliphatic rings. The van der Waals surface area contributed by atoms with Gasteiger partial charge in [0, 0.05) is 12.2 Å². The van der Waals surface area contributed by atoms with Crippen LogP contribution in [0, 0.1) is 25.2 Å². The van der Waals surface area contributed by atoms with Gasteiger partial charge in [-0.2, -0.15) is 5.26 Å². The summed E-state index contributed by atoms with van der Waals surface area (Å²) in [5.41, 5.74) is 2.62. The van der Waals surface area contributed by atoms with Crippen LogP contribution in [0.15, 0.2) is 6.07 Å². The molecule has 0 aliphatic heterocycles. The summed E-state index contributed by atoms with van der Waals surface area (Å²) in [7, 11) is 0. The van der Waals surface area contributed by atoms with Gasteiger partial charge in [-0.05, 0) is 31.9 Å². The average Bonchev–Trinajstić information content (AvgIpc) is 2.28. The number of nitrogens with zero attached hydrogens (tertiary/aromatic N) is 2. The average molecular weight is 231 g/mol. The smallest absolute Gasteiger partial charge is 0.144 e. The fourth-order valence-corrected chi connectivity index (χ4v) is 1.86. The molecule has 0 bridgehead atoms. The standard InChI is InChI=1S/C14H21N3/c1-4-5-6-7-8-16-14-13(10-15)11(2)9-12(3)17-14/h9H,4-8H2,1-3H3,(H,16,17). The normalized spacial score (nSPS) is 10.0. The number of hydrogen-bond donors (Lipinski definition) is 1. The Morgan fingerprint density at radius 3 is 2.71 bits per heavy atom. The van der Waals surface area contributed by atoms with E-state index in [4.69, 9.17) is 5.26 Å². The SMILES string of the molecule is CCCCCCNc1nc(C)cc(C)c1C#N. The molecule has 0 fully saturated rings. The van der Waals surface area contributed by atoms with Crippen LogP contribution in [0.5, 0.6) is 0 Å². The maximum absolute atomic E-state index is 9.10. The van der Waals surface area contributed by atoms with Gasteiger partial charge in [0.1, 0.15) is 11.9 Å². The Bertz CT molecular complexity index is 405. The first-order chi connectivity index (χ1) is 8.19. The number of nitriles is 1. The van der Waals surface area contributed by atoms with Gasteiger partial charge in [-0.1, -0.05) is 26.2 Å². The van der Waals surface area contributed by atoms with E-state index in [1.807, 2.05) is 19.9 Å². The first kappa shape index (κ1) is 13.5. The summed E-state index contributed by atoms with van der Waals surface area (Å²) < 4.78 is 0. The van der Waals surface area contributed by atoms with E-state index >= 15 is 0 Å². The molecule has 1 aromatic rings. The van der Waals surface area contributed by atoms with Gasteiger partial charge >= 0.3 is 0 Å². The molecule has 3 nitrogen and oxygen atoms in total. The van der Waals surface area contributed by atoms with Crippen molar-refractivity contribution in [2.45, 2.75) is 46.5 Å². The number of nitrogens with one attached hydrogen (secondary N) is 1. The first-order valence-electron chi connectivity index (χ1n) is 6.31. The van der Waals surface area contributed by atoms with E-state index in [2.05, 4.69) is 23.3 Å². The lowest BCUT2D eigenvalue weighted by Gasteiger charge is -2.10. The van der Waals surface area contributed by atoms with Crippen LogP contribution in [-0.2, 0) is 0 Å². The van der Waals surface area contributed by atoms with Crippen molar-refractivity contribution in [3.8, 4) is 6.07 Å². The third kappa shape index (κ3) is 4.07. The Hall–Kier alpha value is -1.56. The summed E-state index contributed by atoms with van der Waals surface area (Å²) in [5, 5.41) is 12.4. The second-order valence-electron chi connectivity index (χ2n) is 4.40. The molecule has 1 aromatic heterocycles. The molecule has 0 aromatic carbocycles. The zero-order valence-corrected chi connectivity index (χ0v) is 11.0. The van der Waals surface area contributed by atoms with Gasteiger partial charge < -0.3 is 5.32 Å². The van der Waals surface area contributed by atoms with E-state index in [1.165, 1.54) is 19.3 Å². The Morgan fingerprint density at radius 1 is 1.29 bits per heavy atom. The zero-order valence-electron chi connectivity index (χ0n) is 11.0. The molecule has 0 spiro atoms. The van der Waals surface area contributed by atoms with E-state index < -0.39 is 0 Å². The third-order valence-corrected chi connectivity index (χ3v) is 2.78. The maximum atomic E-state index is 9.10. The van der Waals surface area contributed by atoms with Crippen LogP contribution in [0.25, 0.3) is 0 Å². The van der Waals surface area contributed by atoms with E-state index in [0.717, 1.165) is 30.0 Å². The zero-order chi connectivity index (χ0) is 12.7. The molecule has 1 heterocycles. The molecule has 0 atom stereocenters. The van der Waals surface area contributed by atoms with Gasteiger partial charge in [0.25, 0.3) is 0 Å². The largest absolute Gasteiger partial charge is 0.369 e. The van der Waals surface area contributed by atoms with Crippen LogP contribution in [0.2, 0.25) is 0 Å². The molecular formula is C14H21N3. The predicted molar refractivity (Wildman–Crippen MR) is 71.1 cm³/mol. The van der Waals surface area contributed by atoms with Gasteiger partial charge in [0.05, 0.1) is 5.56 Å². The van der Waals surface area contributed by atoms with Crippen molar-refractivity contribution in [1.82, 2.24) is 4.98 Å². The first-order valence-corrected chi connectivity index (χ1v) is 6.31. The Morgan fingerprint density at radius 2 is 2.06 bits per heavy atom. The summed E-state index contributed by atoms with van der Waals surface area (Å²) >= 11 is 0. The van der Waals surface area contributed by atoms with Crippen molar-refractivity contribution >= 4 is 5.82 Å². The van der Waals surface area contributed by atoms with E-state index in [9.17, 15) is 0 Å². The Labute approximate surface area is 104 Å². The molecule has 17 heavy (non-hydrogen) atoms. The highest BCUT2D eigenvalue weighted by Crippen LogP contribution is 2.17. The number of anilines is 1. The van der Waals surface area contributed by atoms with Crippen LogP contribution in [-0.4, -0.2) is 11.5 Å². The van der Waals surface area contributed by atoms with Crippen molar-refractivity contribution in [2.75, 3.05) is 11.9 Å². The molecule has 92 valence electrons. The molecule has 0 saturated heterocycles. The van der Waals surface area contributed by atoms with Crippen LogP contribution in [0.4, 0.5) is 5.82 Å². The Kier molecular flexibility index (Phi) is 5.48. The summed E-state index contributed by atoms with van der Waals surface area (Å²) in [4.78, 5) is 4.39. The molecule has 1 N–H and O–H groups in total. The summed E-state index contributed by atoms with van der Waals surface area (Å²) in [6.45, 7) is 7.00. The topological polar surface area (TPSA) is 48.7 Å². The van der Waals surface area contributed by atoms with Crippen LogP contribution in [0.3, 0.4) is 0 Å².